The van der Waals surface area contributed by atoms with E-state index in [4.69, 9.17) is 4.74 Å². The summed E-state index contributed by atoms with van der Waals surface area (Å²) in [6.45, 7) is 3.62. The van der Waals surface area contributed by atoms with Gasteiger partial charge in [0.15, 0.2) is 0 Å². The van der Waals surface area contributed by atoms with Crippen LogP contribution in [0.1, 0.15) is 37.8 Å². The zero-order valence-electron chi connectivity index (χ0n) is 12.7. The van der Waals surface area contributed by atoms with Gasteiger partial charge < -0.3 is 14.6 Å². The number of nitrogens with zero attached hydrogens (tertiary/aromatic N) is 1. The van der Waals surface area contributed by atoms with Crippen LogP contribution in [0.15, 0.2) is 18.2 Å². The van der Waals surface area contributed by atoms with Crippen molar-refractivity contribution in [2.75, 3.05) is 18.6 Å². The molecule has 3 nitrogen and oxygen atoms in total. The van der Waals surface area contributed by atoms with E-state index in [1.165, 1.54) is 48.1 Å². The van der Waals surface area contributed by atoms with Gasteiger partial charge in [-0.25, -0.2) is 0 Å². The quantitative estimate of drug-likeness (QED) is 0.905. The van der Waals surface area contributed by atoms with Crippen molar-refractivity contribution in [1.29, 1.82) is 0 Å². The number of nitrogens with one attached hydrogen (secondary N) is 1. The summed E-state index contributed by atoms with van der Waals surface area (Å²) in [5, 5.41) is 1.36. The molecule has 2 unspecified atom stereocenters. The molecule has 110 valence electrons. The van der Waals surface area contributed by atoms with Gasteiger partial charge in [0.1, 0.15) is 5.75 Å². The molecule has 21 heavy (non-hydrogen) atoms. The highest BCUT2D eigenvalue weighted by Crippen LogP contribution is 2.58. The molecule has 1 aliphatic carbocycles. The van der Waals surface area contributed by atoms with Crippen molar-refractivity contribution in [2.24, 2.45) is 11.8 Å². The van der Waals surface area contributed by atoms with E-state index in [-0.39, 0.29) is 0 Å². The molecule has 3 heteroatoms. The fourth-order valence-electron chi connectivity index (χ4n) is 5.33. The van der Waals surface area contributed by atoms with Gasteiger partial charge in [-0.15, -0.1) is 0 Å². The fraction of sp³-hybridized carbons (Fsp3) is 0.556. The summed E-state index contributed by atoms with van der Waals surface area (Å²) in [5.74, 6) is 3.47. The first-order valence-electron chi connectivity index (χ1n) is 8.26. The van der Waals surface area contributed by atoms with Crippen LogP contribution in [-0.4, -0.2) is 24.7 Å². The molecule has 6 rings (SSSR count). The minimum absolute atomic E-state index is 0.732. The third-order valence-electron chi connectivity index (χ3n) is 6.12. The van der Waals surface area contributed by atoms with E-state index in [2.05, 4.69) is 35.0 Å². The molecule has 4 aliphatic rings. The van der Waals surface area contributed by atoms with Crippen molar-refractivity contribution < 1.29 is 4.74 Å². The second kappa shape index (κ2) is 3.96. The Balaban J connectivity index is 1.71. The highest BCUT2D eigenvalue weighted by atomic mass is 16.5. The largest absolute Gasteiger partial charge is 0.497 e. The third kappa shape index (κ3) is 1.39. The normalized spacial score (nSPS) is 32.8. The molecule has 3 aliphatic heterocycles. The molecule has 1 aromatic carbocycles. The lowest BCUT2D eigenvalue weighted by Crippen LogP contribution is -2.53. The number of hydrogen-bond donors (Lipinski definition) is 1. The Morgan fingerprint density at radius 1 is 1.33 bits per heavy atom. The van der Waals surface area contributed by atoms with Crippen molar-refractivity contribution in [3.8, 4) is 5.75 Å². The maximum absolute atomic E-state index is 5.43. The lowest BCUT2D eigenvalue weighted by Gasteiger charge is -2.50. The SMILES string of the molecule is CC[C@H]1C[C@H]2CC3c4[nH]c5ccc(OC)cc5c4N(C2)C31. The first kappa shape index (κ1) is 12.0. The molecule has 4 atom stereocenters. The smallest absolute Gasteiger partial charge is 0.119 e. The van der Waals surface area contributed by atoms with Crippen LogP contribution in [0.4, 0.5) is 5.69 Å². The predicted octanol–water partition coefficient (Wildman–Crippen LogP) is 3.90. The number of rotatable bonds is 2. The van der Waals surface area contributed by atoms with Gasteiger partial charge in [-0.05, 0) is 42.9 Å². The molecule has 4 heterocycles. The van der Waals surface area contributed by atoms with Crippen molar-refractivity contribution in [1.82, 2.24) is 4.98 Å². The standard InChI is InChI=1S/C18H22N2O/c1-3-11-6-10-7-14-16-18(20(9-10)17(11)14)13-8-12(21-2)4-5-15(13)19-16/h4-5,8,10-11,14,17,19H,3,6-7,9H2,1-2H3/t10-,11-,14?,17?/m0/s1. The number of hydrogen-bond acceptors (Lipinski definition) is 2. The summed E-state index contributed by atoms with van der Waals surface area (Å²) in [6, 6.07) is 7.18. The van der Waals surface area contributed by atoms with E-state index < -0.39 is 0 Å². The number of anilines is 1. The Bertz CT molecular complexity index is 719. The topological polar surface area (TPSA) is 28.3 Å². The van der Waals surface area contributed by atoms with Crippen LogP contribution in [-0.2, 0) is 0 Å². The Morgan fingerprint density at radius 3 is 3.05 bits per heavy atom. The average Bonchev–Trinajstić information content (AvgIpc) is 3.01. The Kier molecular flexibility index (Phi) is 2.26. The number of aromatic nitrogens is 1. The highest BCUT2D eigenvalue weighted by Gasteiger charge is 2.53. The van der Waals surface area contributed by atoms with Crippen molar-refractivity contribution in [3.05, 3.63) is 23.9 Å². The Labute approximate surface area is 125 Å². The van der Waals surface area contributed by atoms with Gasteiger partial charge in [0.25, 0.3) is 0 Å². The van der Waals surface area contributed by atoms with Gasteiger partial charge in [0.2, 0.25) is 0 Å². The average molecular weight is 282 g/mol. The summed E-state index contributed by atoms with van der Waals surface area (Å²) < 4.78 is 5.43. The van der Waals surface area contributed by atoms with E-state index in [0.717, 1.165) is 29.5 Å². The summed E-state index contributed by atoms with van der Waals surface area (Å²) in [4.78, 5) is 6.46. The molecule has 2 aromatic rings. The van der Waals surface area contributed by atoms with Gasteiger partial charge in [-0.2, -0.15) is 0 Å². The monoisotopic (exact) mass is 282 g/mol. The van der Waals surface area contributed by atoms with Crippen LogP contribution in [0.5, 0.6) is 5.75 Å². The fourth-order valence-corrected chi connectivity index (χ4v) is 5.33. The lowest BCUT2D eigenvalue weighted by molar-refractivity contribution is 0.154. The maximum Gasteiger partial charge on any atom is 0.119 e. The number of piperidine rings is 2. The molecule has 0 spiro atoms. The summed E-state index contributed by atoms with van der Waals surface area (Å²) in [6.07, 6.45) is 4.15. The van der Waals surface area contributed by atoms with E-state index in [1.54, 1.807) is 7.11 Å². The number of fused-ring (bicyclic) bond motifs is 4. The van der Waals surface area contributed by atoms with Crippen LogP contribution in [0.3, 0.4) is 0 Å². The van der Waals surface area contributed by atoms with Crippen LogP contribution >= 0.6 is 0 Å². The highest BCUT2D eigenvalue weighted by molar-refractivity contribution is 5.98. The van der Waals surface area contributed by atoms with Crippen molar-refractivity contribution in [2.45, 2.75) is 38.1 Å². The minimum atomic E-state index is 0.732. The number of ether oxygens (including phenoxy) is 1. The molecule has 4 bridgehead atoms. The van der Waals surface area contributed by atoms with E-state index in [9.17, 15) is 0 Å². The van der Waals surface area contributed by atoms with E-state index in [0.29, 0.717) is 0 Å². The zero-order valence-corrected chi connectivity index (χ0v) is 12.7. The van der Waals surface area contributed by atoms with Crippen LogP contribution in [0.2, 0.25) is 0 Å². The molecule has 0 radical (unpaired) electrons. The number of methoxy groups -OCH3 is 1. The third-order valence-corrected chi connectivity index (χ3v) is 6.12. The maximum atomic E-state index is 5.43. The predicted molar refractivity (Wildman–Crippen MR) is 85.2 cm³/mol. The van der Waals surface area contributed by atoms with Gasteiger partial charge in [-0.1, -0.05) is 13.3 Å². The van der Waals surface area contributed by atoms with E-state index >= 15 is 0 Å². The number of benzene rings is 1. The first-order chi connectivity index (χ1) is 10.3. The van der Waals surface area contributed by atoms with Crippen molar-refractivity contribution in [3.63, 3.8) is 0 Å². The molecule has 1 aromatic heterocycles. The second-order valence-corrected chi connectivity index (χ2v) is 7.05. The van der Waals surface area contributed by atoms with Gasteiger partial charge >= 0.3 is 0 Å². The minimum Gasteiger partial charge on any atom is -0.497 e. The van der Waals surface area contributed by atoms with Crippen LogP contribution in [0.25, 0.3) is 10.9 Å². The zero-order chi connectivity index (χ0) is 14.1. The molecule has 2 saturated heterocycles. The summed E-state index contributed by atoms with van der Waals surface area (Å²) >= 11 is 0. The van der Waals surface area contributed by atoms with Crippen LogP contribution in [0, 0.1) is 11.8 Å². The first-order valence-corrected chi connectivity index (χ1v) is 8.26. The van der Waals surface area contributed by atoms with Gasteiger partial charge in [0.05, 0.1) is 12.8 Å². The number of aromatic amines is 1. The molecule has 0 amide bonds. The molecule has 3 fully saturated rings. The Hall–Kier alpha value is -1.64. The second-order valence-electron chi connectivity index (χ2n) is 7.05. The van der Waals surface area contributed by atoms with Crippen molar-refractivity contribution >= 4 is 16.6 Å². The van der Waals surface area contributed by atoms with Gasteiger partial charge in [-0.3, -0.25) is 0 Å². The summed E-state index contributed by atoms with van der Waals surface area (Å²) in [5.41, 5.74) is 4.25. The molecule has 1 N–H and O–H groups in total. The van der Waals surface area contributed by atoms with Crippen LogP contribution < -0.4 is 9.64 Å². The molecule has 1 saturated carbocycles. The Morgan fingerprint density at radius 2 is 2.24 bits per heavy atom. The molecular weight excluding hydrogens is 260 g/mol. The van der Waals surface area contributed by atoms with E-state index in [1.807, 2.05) is 0 Å². The molecular formula is C18H22N2O. The van der Waals surface area contributed by atoms with Gasteiger partial charge in [0, 0.05) is 35.1 Å². The summed E-state index contributed by atoms with van der Waals surface area (Å²) in [7, 11) is 1.75. The number of H-pyrrole nitrogens is 1. The lowest BCUT2D eigenvalue weighted by atomic mass is 9.67.